The number of likely N-dealkylation sites (tertiary alicyclic amines) is 1. The fourth-order valence-electron chi connectivity index (χ4n) is 7.93. The molecule has 0 radical (unpaired) electrons. The number of alkyl halides is 3. The van der Waals surface area contributed by atoms with Crippen molar-refractivity contribution in [2.45, 2.75) is 28.5 Å². The summed E-state index contributed by atoms with van der Waals surface area (Å²) < 4.78 is 11.1. The Labute approximate surface area is 277 Å². The summed E-state index contributed by atoms with van der Waals surface area (Å²) in [5, 5.41) is 10.2. The molecule has 0 aromatic heterocycles. The van der Waals surface area contributed by atoms with Crippen LogP contribution in [0.4, 0.5) is 11.4 Å². The summed E-state index contributed by atoms with van der Waals surface area (Å²) in [6.45, 7) is 2.78. The van der Waals surface area contributed by atoms with Gasteiger partial charge >= 0.3 is 0 Å². The Morgan fingerprint density at radius 1 is 0.978 bits per heavy atom. The summed E-state index contributed by atoms with van der Waals surface area (Å²) in [4.78, 5) is 56.5. The van der Waals surface area contributed by atoms with Crippen LogP contribution < -0.4 is 14.5 Å². The molecule has 3 aliphatic heterocycles. The number of phenolic OH excluding ortho intramolecular Hbond substituents is 1. The van der Waals surface area contributed by atoms with Gasteiger partial charge in [0.25, 0.3) is 11.8 Å². The molecule has 1 N–H and O–H groups in total. The van der Waals surface area contributed by atoms with Crippen molar-refractivity contribution >= 4 is 74.1 Å². The Bertz CT molecular complexity index is 1650. The number of methoxy groups -OCH3 is 1. The Morgan fingerprint density at radius 2 is 1.67 bits per heavy atom. The van der Waals surface area contributed by atoms with Gasteiger partial charge in [0, 0.05) is 36.3 Å². The van der Waals surface area contributed by atoms with E-state index >= 15 is 0 Å². The van der Waals surface area contributed by atoms with Crippen molar-refractivity contribution in [1.82, 2.24) is 4.90 Å². The summed E-state index contributed by atoms with van der Waals surface area (Å²) in [6, 6.07) is 11.8. The van der Waals surface area contributed by atoms with Crippen LogP contribution in [-0.4, -0.2) is 82.3 Å². The number of rotatable bonds is 5. The molecule has 2 aromatic rings. The molecule has 3 heterocycles. The molecule has 13 heteroatoms. The number of amides is 4. The van der Waals surface area contributed by atoms with Crippen LogP contribution in [0.5, 0.6) is 11.5 Å². The van der Waals surface area contributed by atoms with Crippen molar-refractivity contribution in [2.24, 2.45) is 17.8 Å². The van der Waals surface area contributed by atoms with Crippen LogP contribution in [0.1, 0.15) is 24.3 Å². The van der Waals surface area contributed by atoms with E-state index in [0.29, 0.717) is 30.0 Å². The predicted molar refractivity (Wildman–Crippen MR) is 170 cm³/mol. The number of carbonyl (C=O) groups excluding carboxylic acids is 4. The normalized spacial score (nSPS) is 32.8. The third kappa shape index (κ3) is 4.23. The van der Waals surface area contributed by atoms with Crippen LogP contribution in [0.25, 0.3) is 0 Å². The summed E-state index contributed by atoms with van der Waals surface area (Å²) >= 11 is 17.8. The molecule has 7 rings (SSSR count). The molecule has 236 valence electrons. The third-order valence-corrected chi connectivity index (χ3v) is 11.9. The monoisotopic (exact) mass is 717 g/mol. The van der Waals surface area contributed by atoms with Gasteiger partial charge in [-0.1, -0.05) is 33.6 Å². The fraction of sp³-hybridized carbons (Fsp3) is 0.438. The maximum absolute atomic E-state index is 14.3. The molecule has 4 amide bonds. The minimum atomic E-state index is -1.96. The number of hydrogen-bond donors (Lipinski definition) is 1. The Kier molecular flexibility index (Phi) is 7.46. The lowest BCUT2D eigenvalue weighted by Gasteiger charge is -2.50. The van der Waals surface area contributed by atoms with Gasteiger partial charge in [0.2, 0.25) is 11.8 Å². The zero-order valence-electron chi connectivity index (χ0n) is 24.3. The first-order valence-corrected chi connectivity index (χ1v) is 16.6. The van der Waals surface area contributed by atoms with E-state index in [2.05, 4.69) is 20.8 Å². The number of carbonyl (C=O) groups is 4. The lowest BCUT2D eigenvalue weighted by atomic mass is 9.56. The van der Waals surface area contributed by atoms with E-state index in [0.717, 1.165) is 23.7 Å². The van der Waals surface area contributed by atoms with Crippen LogP contribution in [0.15, 0.2) is 54.1 Å². The van der Waals surface area contributed by atoms with Crippen LogP contribution >= 0.6 is 39.1 Å². The first-order valence-electron chi connectivity index (χ1n) is 14.7. The second-order valence-electron chi connectivity index (χ2n) is 12.0. The molecule has 0 bridgehead atoms. The number of allylic oxidation sites excluding steroid dienone is 2. The molecule has 6 atom stereocenters. The minimum Gasteiger partial charge on any atom is -0.508 e. The number of nitrogens with zero attached hydrogens (tertiary/aromatic N) is 3. The number of morpholine rings is 1. The van der Waals surface area contributed by atoms with Gasteiger partial charge in [0.15, 0.2) is 9.75 Å². The van der Waals surface area contributed by atoms with Crippen molar-refractivity contribution in [3.05, 3.63) is 59.7 Å². The number of hydrogen-bond acceptors (Lipinski definition) is 8. The van der Waals surface area contributed by atoms with E-state index < -0.39 is 45.2 Å². The molecule has 3 saturated heterocycles. The van der Waals surface area contributed by atoms with E-state index in [1.807, 2.05) is 18.2 Å². The zero-order chi connectivity index (χ0) is 31.8. The van der Waals surface area contributed by atoms with Crippen LogP contribution in [0.2, 0.25) is 0 Å². The van der Waals surface area contributed by atoms with E-state index in [1.54, 1.807) is 18.2 Å². The highest BCUT2D eigenvalue weighted by molar-refractivity contribution is 9.09. The van der Waals surface area contributed by atoms with E-state index in [9.17, 15) is 24.3 Å². The molecule has 10 nitrogen and oxygen atoms in total. The quantitative estimate of drug-likeness (QED) is 0.212. The lowest BCUT2D eigenvalue weighted by Crippen LogP contribution is -2.60. The first-order chi connectivity index (χ1) is 21.6. The number of fused-ring (bicyclic) bond motifs is 4. The number of anilines is 2. The average Bonchev–Trinajstić information content (AvgIpc) is 3.39. The second-order valence-corrected chi connectivity index (χ2v) is 13.8. The Balaban J connectivity index is 1.31. The summed E-state index contributed by atoms with van der Waals surface area (Å²) in [6.07, 6.45) is 2.00. The molecular formula is C32H30BrCl2N3O7. The number of imide groups is 2. The van der Waals surface area contributed by atoms with Gasteiger partial charge in [-0.2, -0.15) is 0 Å². The smallest absolute Gasteiger partial charge is 0.254 e. The molecule has 1 saturated carbocycles. The second kappa shape index (κ2) is 11.0. The summed E-state index contributed by atoms with van der Waals surface area (Å²) in [5.74, 6) is -5.01. The lowest BCUT2D eigenvalue weighted by molar-refractivity contribution is -0.138. The summed E-state index contributed by atoms with van der Waals surface area (Å²) in [7, 11) is 1.42. The van der Waals surface area contributed by atoms with Crippen molar-refractivity contribution in [2.75, 3.05) is 48.7 Å². The number of phenols is 1. The highest BCUT2D eigenvalue weighted by Crippen LogP contribution is 2.66. The van der Waals surface area contributed by atoms with Crippen LogP contribution in [0, 0.1) is 17.8 Å². The Morgan fingerprint density at radius 3 is 2.33 bits per heavy atom. The largest absolute Gasteiger partial charge is 0.508 e. The zero-order valence-corrected chi connectivity index (χ0v) is 27.3. The SMILES string of the molecule is COc1cc(O)ccc1C1C2=CCC3C(=O)N(c4ccc(N5CCOCC5)cc4)C(=O)C3C2CC2(Cl)C(=O)N(CBr)C(=O)C12Cl. The maximum atomic E-state index is 14.3. The van der Waals surface area contributed by atoms with Gasteiger partial charge in [0.1, 0.15) is 11.5 Å². The first kappa shape index (κ1) is 30.5. The van der Waals surface area contributed by atoms with Gasteiger partial charge in [-0.25, -0.2) is 0 Å². The molecule has 5 aliphatic rings. The summed E-state index contributed by atoms with van der Waals surface area (Å²) in [5.41, 5.74) is 2.41. The van der Waals surface area contributed by atoms with Crippen molar-refractivity contribution in [1.29, 1.82) is 0 Å². The topological polar surface area (TPSA) is 117 Å². The maximum Gasteiger partial charge on any atom is 0.254 e. The highest BCUT2D eigenvalue weighted by Gasteiger charge is 2.76. The number of benzene rings is 2. The molecule has 2 aliphatic carbocycles. The predicted octanol–water partition coefficient (Wildman–Crippen LogP) is 4.15. The number of halogens is 3. The standard InChI is InChI=1S/C32H30BrCl2N3O7/c1-44-24-14-19(39)6-7-21(24)26-20-8-9-22-25(23(20)15-31(34)29(42)37(16-33)30(43)32(26,31)35)28(41)38(27(22)40)18-4-2-17(3-5-18)36-10-12-45-13-11-36/h2-8,14,22-23,25-26,39H,9-13,15-16H2,1H3. The molecule has 2 aromatic carbocycles. The van der Waals surface area contributed by atoms with Crippen LogP contribution in [-0.2, 0) is 23.9 Å². The molecular weight excluding hydrogens is 689 g/mol. The van der Waals surface area contributed by atoms with Crippen molar-refractivity contribution in [3.63, 3.8) is 0 Å². The van der Waals surface area contributed by atoms with Gasteiger partial charge in [-0.15, -0.1) is 23.2 Å². The fourth-order valence-corrected chi connectivity index (χ4v) is 9.34. The van der Waals surface area contributed by atoms with Gasteiger partial charge in [0.05, 0.1) is 43.3 Å². The Hall–Kier alpha value is -3.12. The van der Waals surface area contributed by atoms with E-state index in [1.165, 1.54) is 24.1 Å². The van der Waals surface area contributed by atoms with Gasteiger partial charge < -0.3 is 19.5 Å². The van der Waals surface area contributed by atoms with Crippen LogP contribution in [0.3, 0.4) is 0 Å². The minimum absolute atomic E-state index is 0.0656. The van der Waals surface area contributed by atoms with E-state index in [4.69, 9.17) is 32.7 Å². The van der Waals surface area contributed by atoms with E-state index in [-0.39, 0.29) is 41.6 Å². The van der Waals surface area contributed by atoms with Gasteiger partial charge in [-0.05, 0) is 49.1 Å². The number of ether oxygens (including phenoxy) is 2. The average molecular weight is 719 g/mol. The molecule has 4 fully saturated rings. The van der Waals surface area contributed by atoms with Crippen molar-refractivity contribution < 1.29 is 33.8 Å². The van der Waals surface area contributed by atoms with Crippen molar-refractivity contribution in [3.8, 4) is 11.5 Å². The molecule has 0 spiro atoms. The highest BCUT2D eigenvalue weighted by atomic mass is 79.9. The molecule has 6 unspecified atom stereocenters. The van der Waals surface area contributed by atoms with Gasteiger partial charge in [-0.3, -0.25) is 29.0 Å². The molecule has 45 heavy (non-hydrogen) atoms. The number of aromatic hydroxyl groups is 1. The third-order valence-electron chi connectivity index (χ3n) is 10.0.